The molecule has 0 aliphatic carbocycles. The molecule has 0 aliphatic heterocycles. The van der Waals surface area contributed by atoms with Gasteiger partial charge in [-0.25, -0.2) is 9.97 Å². The van der Waals surface area contributed by atoms with Crippen molar-refractivity contribution in [2.45, 2.75) is 26.7 Å². The van der Waals surface area contributed by atoms with Crippen LogP contribution < -0.4 is 16.0 Å². The van der Waals surface area contributed by atoms with Gasteiger partial charge in [-0.05, 0) is 25.0 Å². The molecule has 21 heavy (non-hydrogen) atoms. The lowest BCUT2D eigenvalue weighted by Gasteiger charge is -2.21. The number of hydrogen-bond acceptors (Lipinski definition) is 5. The van der Waals surface area contributed by atoms with Gasteiger partial charge in [0.05, 0.1) is 0 Å². The molecule has 5 nitrogen and oxygen atoms in total. The van der Waals surface area contributed by atoms with E-state index in [9.17, 15) is 0 Å². The highest BCUT2D eigenvalue weighted by Crippen LogP contribution is 2.28. The van der Waals surface area contributed by atoms with Crippen LogP contribution >= 0.6 is 0 Å². The fraction of sp³-hybridized carbons (Fsp3) is 0.375. The molecule has 0 saturated carbocycles. The van der Waals surface area contributed by atoms with Crippen LogP contribution in [0, 0.1) is 6.92 Å². The zero-order valence-electron chi connectivity index (χ0n) is 12.9. The van der Waals surface area contributed by atoms with E-state index in [-0.39, 0.29) is 0 Å². The molecule has 5 heteroatoms. The predicted molar refractivity (Wildman–Crippen MR) is 89.1 cm³/mol. The molecule has 1 aromatic carbocycles. The summed E-state index contributed by atoms with van der Waals surface area (Å²) in [5, 5.41) is 3.29. The van der Waals surface area contributed by atoms with E-state index in [1.54, 1.807) is 6.33 Å². The first-order valence-electron chi connectivity index (χ1n) is 7.27. The number of aryl methyl sites for hydroxylation is 1. The van der Waals surface area contributed by atoms with Crippen molar-refractivity contribution in [1.82, 2.24) is 9.97 Å². The van der Waals surface area contributed by atoms with E-state index < -0.39 is 0 Å². The number of rotatable bonds is 6. The van der Waals surface area contributed by atoms with Crippen LogP contribution in [0.4, 0.5) is 23.0 Å². The van der Waals surface area contributed by atoms with E-state index in [4.69, 9.17) is 5.73 Å². The number of anilines is 4. The molecule has 2 aromatic rings. The predicted octanol–water partition coefficient (Wildman–Crippen LogP) is 3.35. The molecular weight excluding hydrogens is 262 g/mol. The highest BCUT2D eigenvalue weighted by molar-refractivity contribution is 5.78. The maximum Gasteiger partial charge on any atom is 0.159 e. The quantitative estimate of drug-likeness (QED) is 0.852. The minimum atomic E-state index is 0.583. The summed E-state index contributed by atoms with van der Waals surface area (Å²) in [7, 11) is 2.01. The Morgan fingerprint density at radius 2 is 2.00 bits per heavy atom. The lowest BCUT2D eigenvalue weighted by molar-refractivity contribution is 0.759. The summed E-state index contributed by atoms with van der Waals surface area (Å²) in [5.41, 5.74) is 8.96. The van der Waals surface area contributed by atoms with Gasteiger partial charge in [-0.3, -0.25) is 0 Å². The number of para-hydroxylation sites is 1. The van der Waals surface area contributed by atoms with E-state index in [1.807, 2.05) is 38.2 Å². The number of nitrogens with two attached hydrogens (primary N) is 1. The number of nitrogen functional groups attached to an aromatic ring is 1. The van der Waals surface area contributed by atoms with Crippen molar-refractivity contribution in [2.75, 3.05) is 29.5 Å². The van der Waals surface area contributed by atoms with Crippen LogP contribution in [0.2, 0.25) is 0 Å². The molecule has 0 aliphatic rings. The lowest BCUT2D eigenvalue weighted by Crippen LogP contribution is -2.21. The molecule has 0 amide bonds. The SMILES string of the molecule is CCCCN(C)c1ncnc(Nc2ccccc2C)c1N. The third kappa shape index (κ3) is 3.62. The number of aromatic nitrogens is 2. The molecule has 0 fully saturated rings. The molecule has 0 radical (unpaired) electrons. The van der Waals surface area contributed by atoms with E-state index >= 15 is 0 Å². The van der Waals surface area contributed by atoms with Gasteiger partial charge in [-0.1, -0.05) is 31.5 Å². The topological polar surface area (TPSA) is 67.1 Å². The van der Waals surface area contributed by atoms with Gasteiger partial charge in [0.1, 0.15) is 12.0 Å². The number of hydrogen-bond donors (Lipinski definition) is 2. The first kappa shape index (κ1) is 15.1. The van der Waals surface area contributed by atoms with Gasteiger partial charge >= 0.3 is 0 Å². The second kappa shape index (κ2) is 6.92. The third-order valence-electron chi connectivity index (χ3n) is 3.47. The van der Waals surface area contributed by atoms with Crippen LogP contribution in [0.5, 0.6) is 0 Å². The lowest BCUT2D eigenvalue weighted by atomic mass is 10.2. The zero-order chi connectivity index (χ0) is 15.2. The Labute approximate surface area is 126 Å². The fourth-order valence-electron chi connectivity index (χ4n) is 2.13. The minimum Gasteiger partial charge on any atom is -0.393 e. The molecule has 112 valence electrons. The Kier molecular flexibility index (Phi) is 4.98. The summed E-state index contributed by atoms with van der Waals surface area (Å²) < 4.78 is 0. The molecule has 2 rings (SSSR count). The average Bonchev–Trinajstić information content (AvgIpc) is 2.49. The molecule has 1 aromatic heterocycles. The largest absolute Gasteiger partial charge is 0.393 e. The highest BCUT2D eigenvalue weighted by Gasteiger charge is 2.12. The van der Waals surface area contributed by atoms with Gasteiger partial charge in [0.15, 0.2) is 11.6 Å². The van der Waals surface area contributed by atoms with Crippen molar-refractivity contribution in [3.63, 3.8) is 0 Å². The maximum absolute atomic E-state index is 6.22. The van der Waals surface area contributed by atoms with Crippen molar-refractivity contribution in [3.8, 4) is 0 Å². The average molecular weight is 285 g/mol. The van der Waals surface area contributed by atoms with Crippen molar-refractivity contribution in [3.05, 3.63) is 36.2 Å². The van der Waals surface area contributed by atoms with Gasteiger partial charge in [0.25, 0.3) is 0 Å². The Morgan fingerprint density at radius 1 is 1.24 bits per heavy atom. The minimum absolute atomic E-state index is 0.583. The summed E-state index contributed by atoms with van der Waals surface area (Å²) in [6, 6.07) is 8.06. The zero-order valence-corrected chi connectivity index (χ0v) is 12.9. The molecule has 0 bridgehead atoms. The Bertz CT molecular complexity index is 597. The molecule has 0 unspecified atom stereocenters. The molecule has 1 heterocycles. The van der Waals surface area contributed by atoms with E-state index in [2.05, 4.69) is 27.1 Å². The number of unbranched alkanes of at least 4 members (excludes halogenated alkanes) is 1. The summed E-state index contributed by atoms with van der Waals surface area (Å²) in [6.07, 6.45) is 3.80. The fourth-order valence-corrected chi connectivity index (χ4v) is 2.13. The molecule has 0 saturated heterocycles. The standard InChI is InChI=1S/C16H23N5/c1-4-5-10-21(3)16-14(17)15(18-11-19-16)20-13-9-7-6-8-12(13)2/h6-9,11H,4-5,10,17H2,1-3H3,(H,18,19,20). The first-order valence-corrected chi connectivity index (χ1v) is 7.27. The molecule has 0 spiro atoms. The van der Waals surface area contributed by atoms with Crippen molar-refractivity contribution in [1.29, 1.82) is 0 Å². The van der Waals surface area contributed by atoms with E-state index in [1.165, 1.54) is 0 Å². The van der Waals surface area contributed by atoms with Gasteiger partial charge < -0.3 is 16.0 Å². The van der Waals surface area contributed by atoms with Crippen LogP contribution in [0.3, 0.4) is 0 Å². The highest BCUT2D eigenvalue weighted by atomic mass is 15.2. The van der Waals surface area contributed by atoms with Crippen LogP contribution in [-0.2, 0) is 0 Å². The van der Waals surface area contributed by atoms with Gasteiger partial charge in [0.2, 0.25) is 0 Å². The van der Waals surface area contributed by atoms with Gasteiger partial charge in [-0.15, -0.1) is 0 Å². The maximum atomic E-state index is 6.22. The summed E-state index contributed by atoms with van der Waals surface area (Å²) in [5.74, 6) is 1.42. The third-order valence-corrected chi connectivity index (χ3v) is 3.47. The number of benzene rings is 1. The van der Waals surface area contributed by atoms with Crippen LogP contribution in [-0.4, -0.2) is 23.6 Å². The monoisotopic (exact) mass is 285 g/mol. The number of nitrogens with one attached hydrogen (secondary N) is 1. The molecular formula is C16H23N5. The van der Waals surface area contributed by atoms with Crippen LogP contribution in [0.25, 0.3) is 0 Å². The Balaban J connectivity index is 2.23. The van der Waals surface area contributed by atoms with E-state index in [0.29, 0.717) is 11.5 Å². The summed E-state index contributed by atoms with van der Waals surface area (Å²) in [4.78, 5) is 10.6. The number of nitrogens with zero attached hydrogens (tertiary/aromatic N) is 3. The van der Waals surface area contributed by atoms with Crippen LogP contribution in [0.1, 0.15) is 25.3 Å². The van der Waals surface area contributed by atoms with Crippen molar-refractivity contribution >= 4 is 23.0 Å². The normalized spacial score (nSPS) is 10.4. The van der Waals surface area contributed by atoms with E-state index in [0.717, 1.165) is 36.5 Å². The van der Waals surface area contributed by atoms with Crippen molar-refractivity contribution in [2.24, 2.45) is 0 Å². The van der Waals surface area contributed by atoms with Gasteiger partial charge in [-0.2, -0.15) is 0 Å². The van der Waals surface area contributed by atoms with Crippen molar-refractivity contribution < 1.29 is 0 Å². The second-order valence-electron chi connectivity index (χ2n) is 5.17. The Morgan fingerprint density at radius 3 is 2.71 bits per heavy atom. The van der Waals surface area contributed by atoms with Gasteiger partial charge in [0, 0.05) is 19.3 Å². The summed E-state index contributed by atoms with van der Waals surface area (Å²) >= 11 is 0. The second-order valence-corrected chi connectivity index (χ2v) is 5.17. The van der Waals surface area contributed by atoms with Crippen LogP contribution in [0.15, 0.2) is 30.6 Å². The smallest absolute Gasteiger partial charge is 0.159 e. The molecule has 3 N–H and O–H groups in total. The molecule has 0 atom stereocenters. The first-order chi connectivity index (χ1) is 10.1. The Hall–Kier alpha value is -2.30. The summed E-state index contributed by atoms with van der Waals surface area (Å²) in [6.45, 7) is 5.15.